The van der Waals surface area contributed by atoms with E-state index in [1.54, 1.807) is 0 Å². The van der Waals surface area contributed by atoms with Gasteiger partial charge < -0.3 is 89.9 Å². The van der Waals surface area contributed by atoms with Gasteiger partial charge in [-0.2, -0.15) is 0 Å². The molecule has 0 aromatic carbocycles. The number of aliphatic hydroxyl groups excluding tert-OH is 11. The lowest BCUT2D eigenvalue weighted by atomic mass is 9.96. The second-order valence-corrected chi connectivity index (χ2v) is 24.3. The molecule has 3 saturated heterocycles. The van der Waals surface area contributed by atoms with Crippen LogP contribution in [0.15, 0.2) is 85.1 Å². The van der Waals surface area contributed by atoms with Crippen molar-refractivity contribution in [3.05, 3.63) is 85.1 Å². The molecule has 0 spiro atoms. The van der Waals surface area contributed by atoms with Crippen LogP contribution in [0.2, 0.25) is 0 Å². The van der Waals surface area contributed by atoms with E-state index in [1.165, 1.54) is 103 Å². The molecule has 0 bridgehead atoms. The largest absolute Gasteiger partial charge is 0.394 e. The zero-order valence-corrected chi connectivity index (χ0v) is 54.1. The number of aliphatic hydroxyl groups is 11. The first-order chi connectivity index (χ1) is 43.3. The van der Waals surface area contributed by atoms with Crippen LogP contribution in [-0.4, -0.2) is 193 Å². The molecule has 3 heterocycles. The van der Waals surface area contributed by atoms with Crippen LogP contribution in [0.4, 0.5) is 0 Å². The normalized spacial score (nSPS) is 28.8. The predicted molar refractivity (Wildman–Crippen MR) is 346 cm³/mol. The Morgan fingerprint density at radius 3 is 1.19 bits per heavy atom. The Hall–Kier alpha value is -3.03. The summed E-state index contributed by atoms with van der Waals surface area (Å²) in [6.45, 7) is 1.48. The number of carbonyl (C=O) groups is 1. The molecule has 0 aromatic rings. The van der Waals surface area contributed by atoms with Crippen LogP contribution in [0.3, 0.4) is 0 Å². The van der Waals surface area contributed by atoms with Crippen molar-refractivity contribution in [3.8, 4) is 0 Å². The molecule has 0 radical (unpaired) electrons. The van der Waals surface area contributed by atoms with E-state index in [0.29, 0.717) is 19.3 Å². The monoisotopic (exact) mass is 1260 g/mol. The SMILES string of the molecule is CC/C=C\C/C=C\C/C=C\C/C=C\C/C=C\C/C=C\C/C=C\CCCCCCCCCCCCCCCCCCCCCC(=O)NC(COC1OC(CO)C(OC2OC(CO)C(OC3OC(CO)C(O)C(O)C3O)C(O)C2O)C(O)C1O)C(O)CCCCC. The zero-order valence-electron chi connectivity index (χ0n) is 54.1. The highest BCUT2D eigenvalue weighted by Crippen LogP contribution is 2.33. The molecule has 89 heavy (non-hydrogen) atoms. The van der Waals surface area contributed by atoms with Crippen molar-refractivity contribution in [2.75, 3.05) is 26.4 Å². The first-order valence-electron chi connectivity index (χ1n) is 34.3. The molecule has 0 aromatic heterocycles. The standard InChI is InChI=1S/C70H121NO18/c1-3-5-7-8-9-10-11-12-13-14-15-16-17-18-19-20-21-22-23-24-25-26-27-28-29-30-31-32-33-34-35-36-37-38-39-40-41-42-43-44-46-48-58(76)71-53(54(75)47-45-6-4-2)52-84-68-64(82)61(79)66(56(50-73)86-68)89-70-65(83)62(80)67(57(51-74)87-70)88-69-63(81)60(78)59(77)55(49-72)85-69/h5,7,9-10,12-13,15-16,18-19,21-22,24-25,53-57,59-70,72-75,77-83H,3-4,6,8,11,14,17,20,23,26-52H2,1-2H3,(H,71,76)/b7-5-,10-9-,13-12-,16-15-,19-18-,22-21-,25-24-. The van der Waals surface area contributed by atoms with Gasteiger partial charge in [-0.1, -0.05) is 227 Å². The molecule has 17 unspecified atom stereocenters. The maximum atomic E-state index is 13.2. The second kappa shape index (κ2) is 51.4. The van der Waals surface area contributed by atoms with Gasteiger partial charge in [0.25, 0.3) is 0 Å². The lowest BCUT2D eigenvalue weighted by Crippen LogP contribution is -2.66. The number of amides is 1. The molecule has 1 amide bonds. The molecule has 514 valence electrons. The fraction of sp³-hybridized carbons (Fsp3) is 0.786. The molecule has 0 saturated carbocycles. The van der Waals surface area contributed by atoms with Crippen molar-refractivity contribution in [1.29, 1.82) is 0 Å². The van der Waals surface area contributed by atoms with Crippen molar-refractivity contribution in [1.82, 2.24) is 5.32 Å². The molecule has 3 fully saturated rings. The third kappa shape index (κ3) is 33.6. The molecule has 19 nitrogen and oxygen atoms in total. The lowest BCUT2D eigenvalue weighted by molar-refractivity contribution is -0.379. The molecular formula is C70H121NO18. The average molecular weight is 1260 g/mol. The Labute approximate surface area is 533 Å². The Morgan fingerprint density at radius 1 is 0.416 bits per heavy atom. The third-order valence-electron chi connectivity index (χ3n) is 16.7. The van der Waals surface area contributed by atoms with Crippen LogP contribution < -0.4 is 5.32 Å². The summed E-state index contributed by atoms with van der Waals surface area (Å²) in [5.74, 6) is -0.256. The van der Waals surface area contributed by atoms with E-state index in [9.17, 15) is 61.0 Å². The minimum atomic E-state index is -1.97. The van der Waals surface area contributed by atoms with Gasteiger partial charge in [-0.15, -0.1) is 0 Å². The maximum absolute atomic E-state index is 13.2. The average Bonchev–Trinajstić information content (AvgIpc) is 1.74. The van der Waals surface area contributed by atoms with E-state index in [0.717, 1.165) is 77.0 Å². The molecule has 0 aliphatic carbocycles. The minimum absolute atomic E-state index is 0.256. The number of hydrogen-bond acceptors (Lipinski definition) is 18. The van der Waals surface area contributed by atoms with Gasteiger partial charge in [0.05, 0.1) is 38.6 Å². The van der Waals surface area contributed by atoms with E-state index < -0.39 is 124 Å². The lowest BCUT2D eigenvalue weighted by Gasteiger charge is -2.48. The van der Waals surface area contributed by atoms with Crippen LogP contribution in [-0.2, 0) is 33.2 Å². The Kier molecular flexibility index (Phi) is 46.3. The minimum Gasteiger partial charge on any atom is -0.394 e. The summed E-state index contributed by atoms with van der Waals surface area (Å²) in [6.07, 6.45) is 39.8. The van der Waals surface area contributed by atoms with Crippen LogP contribution >= 0.6 is 0 Å². The van der Waals surface area contributed by atoms with Gasteiger partial charge in [0.15, 0.2) is 18.9 Å². The highest BCUT2D eigenvalue weighted by molar-refractivity contribution is 5.76. The quantitative estimate of drug-likeness (QED) is 0.0200. The number of carbonyl (C=O) groups excluding carboxylic acids is 1. The van der Waals surface area contributed by atoms with Gasteiger partial charge in [-0.3, -0.25) is 4.79 Å². The second-order valence-electron chi connectivity index (χ2n) is 24.3. The van der Waals surface area contributed by atoms with E-state index in [4.69, 9.17) is 28.4 Å². The van der Waals surface area contributed by atoms with Crippen LogP contribution in [0.1, 0.15) is 219 Å². The van der Waals surface area contributed by atoms with E-state index in [1.807, 2.05) is 6.92 Å². The van der Waals surface area contributed by atoms with Crippen molar-refractivity contribution in [2.45, 2.75) is 324 Å². The molecule has 3 rings (SSSR count). The summed E-state index contributed by atoms with van der Waals surface area (Å²) in [6, 6.07) is -0.884. The highest BCUT2D eigenvalue weighted by Gasteiger charge is 2.53. The summed E-state index contributed by atoms with van der Waals surface area (Å²) >= 11 is 0. The molecular weight excluding hydrogens is 1140 g/mol. The fourth-order valence-corrected chi connectivity index (χ4v) is 11.2. The number of unbranched alkanes of at least 4 members (excludes halogenated alkanes) is 21. The topological polar surface area (TPSA) is 307 Å². The predicted octanol–water partition coefficient (Wildman–Crippen LogP) is 8.71. The highest BCUT2D eigenvalue weighted by atomic mass is 16.8. The number of hydrogen-bond donors (Lipinski definition) is 12. The van der Waals surface area contributed by atoms with Crippen LogP contribution in [0.25, 0.3) is 0 Å². The first-order valence-corrected chi connectivity index (χ1v) is 34.3. The smallest absolute Gasteiger partial charge is 0.220 e. The van der Waals surface area contributed by atoms with Crippen molar-refractivity contribution >= 4 is 5.91 Å². The van der Waals surface area contributed by atoms with Crippen LogP contribution in [0.5, 0.6) is 0 Å². The van der Waals surface area contributed by atoms with Crippen molar-refractivity contribution in [3.63, 3.8) is 0 Å². The van der Waals surface area contributed by atoms with Gasteiger partial charge >= 0.3 is 0 Å². The van der Waals surface area contributed by atoms with E-state index in [-0.39, 0.29) is 18.9 Å². The summed E-state index contributed by atoms with van der Waals surface area (Å²) in [5, 5.41) is 119. The maximum Gasteiger partial charge on any atom is 0.220 e. The molecule has 3 aliphatic heterocycles. The van der Waals surface area contributed by atoms with E-state index >= 15 is 0 Å². The van der Waals surface area contributed by atoms with Gasteiger partial charge in [0.1, 0.15) is 73.2 Å². The van der Waals surface area contributed by atoms with Gasteiger partial charge in [-0.25, -0.2) is 0 Å². The Morgan fingerprint density at radius 2 is 0.775 bits per heavy atom. The van der Waals surface area contributed by atoms with Gasteiger partial charge in [0, 0.05) is 6.42 Å². The summed E-state index contributed by atoms with van der Waals surface area (Å²) in [4.78, 5) is 13.2. The first kappa shape index (κ1) is 80.2. The summed E-state index contributed by atoms with van der Waals surface area (Å²) < 4.78 is 34.1. The molecule has 17 atom stereocenters. The van der Waals surface area contributed by atoms with Crippen molar-refractivity contribution < 1.29 is 89.4 Å². The van der Waals surface area contributed by atoms with Crippen molar-refractivity contribution in [2.24, 2.45) is 0 Å². The molecule has 19 heteroatoms. The molecule has 12 N–H and O–H groups in total. The van der Waals surface area contributed by atoms with Crippen LogP contribution in [0, 0.1) is 0 Å². The summed E-state index contributed by atoms with van der Waals surface area (Å²) in [7, 11) is 0. The Balaban J connectivity index is 1.19. The van der Waals surface area contributed by atoms with E-state index in [2.05, 4.69) is 97.3 Å². The third-order valence-corrected chi connectivity index (χ3v) is 16.7. The fourth-order valence-electron chi connectivity index (χ4n) is 11.2. The Bertz CT molecular complexity index is 1940. The van der Waals surface area contributed by atoms with Gasteiger partial charge in [-0.05, 0) is 70.6 Å². The zero-order chi connectivity index (χ0) is 64.7. The number of rotatable bonds is 51. The number of ether oxygens (including phenoxy) is 6. The number of allylic oxidation sites excluding steroid dienone is 14. The molecule has 3 aliphatic rings. The number of nitrogens with one attached hydrogen (secondary N) is 1. The summed E-state index contributed by atoms with van der Waals surface area (Å²) in [5.41, 5.74) is 0. The van der Waals surface area contributed by atoms with Gasteiger partial charge in [0.2, 0.25) is 5.91 Å².